The Kier molecular flexibility index (Phi) is 1.71. The molecule has 0 unspecified atom stereocenters. The van der Waals surface area contributed by atoms with E-state index in [4.69, 9.17) is 5.73 Å². The Bertz CT molecular complexity index is 746. The minimum Gasteiger partial charge on any atom is -0.399 e. The van der Waals surface area contributed by atoms with Gasteiger partial charge >= 0.3 is 0 Å². The summed E-state index contributed by atoms with van der Waals surface area (Å²) < 4.78 is 1.53. The smallest absolute Gasteiger partial charge is 0.265 e. The van der Waals surface area contributed by atoms with Gasteiger partial charge < -0.3 is 5.73 Å². The van der Waals surface area contributed by atoms with Gasteiger partial charge in [0.25, 0.3) is 5.56 Å². The molecule has 0 saturated carbocycles. The number of benzene rings is 1. The number of hydrogen-bond donors (Lipinski definition) is 1. The Morgan fingerprint density at radius 2 is 2.06 bits per heavy atom. The third-order valence-corrected chi connectivity index (χ3v) is 2.54. The van der Waals surface area contributed by atoms with E-state index in [1.807, 2.05) is 6.07 Å². The van der Waals surface area contributed by atoms with Crippen LogP contribution in [0.2, 0.25) is 0 Å². The highest BCUT2D eigenvalue weighted by molar-refractivity contribution is 5.82. The molecule has 3 aromatic rings. The maximum absolute atomic E-state index is 12.1. The van der Waals surface area contributed by atoms with E-state index >= 15 is 0 Å². The molecule has 0 aliphatic heterocycles. The van der Waals surface area contributed by atoms with E-state index in [2.05, 4.69) is 4.98 Å². The van der Waals surface area contributed by atoms with E-state index in [0.29, 0.717) is 22.2 Å². The van der Waals surface area contributed by atoms with Gasteiger partial charge in [0.1, 0.15) is 5.65 Å². The van der Waals surface area contributed by atoms with Crippen molar-refractivity contribution < 1.29 is 0 Å². The van der Waals surface area contributed by atoms with Crippen molar-refractivity contribution in [3.63, 3.8) is 0 Å². The van der Waals surface area contributed by atoms with Crippen molar-refractivity contribution in [1.82, 2.24) is 9.38 Å². The molecule has 16 heavy (non-hydrogen) atoms. The van der Waals surface area contributed by atoms with E-state index < -0.39 is 0 Å². The number of nitrogens with zero attached hydrogens (tertiary/aromatic N) is 2. The molecular formula is C12H9N3O. The standard InChI is InChI=1S/C12H9N3O/c13-8-4-5-9-10(7-8)14-11-3-1-2-6-15(11)12(9)16/h1-7H,13H2. The van der Waals surface area contributed by atoms with Crippen molar-refractivity contribution in [2.24, 2.45) is 0 Å². The number of nitrogen functional groups attached to an aromatic ring is 1. The molecule has 4 heteroatoms. The van der Waals surface area contributed by atoms with Crippen LogP contribution in [-0.4, -0.2) is 9.38 Å². The monoisotopic (exact) mass is 211 g/mol. The number of aromatic nitrogens is 2. The number of fused-ring (bicyclic) bond motifs is 2. The molecular weight excluding hydrogens is 202 g/mol. The third-order valence-electron chi connectivity index (χ3n) is 2.54. The SMILES string of the molecule is Nc1ccc2c(=O)n3ccccc3nc2c1. The van der Waals surface area contributed by atoms with Gasteiger partial charge in [0, 0.05) is 11.9 Å². The Morgan fingerprint density at radius 3 is 2.94 bits per heavy atom. The topological polar surface area (TPSA) is 60.4 Å². The van der Waals surface area contributed by atoms with E-state index in [1.165, 1.54) is 4.40 Å². The molecule has 78 valence electrons. The average Bonchev–Trinajstić information content (AvgIpc) is 2.29. The zero-order chi connectivity index (χ0) is 11.1. The van der Waals surface area contributed by atoms with Crippen LogP contribution in [-0.2, 0) is 0 Å². The van der Waals surface area contributed by atoms with E-state index in [9.17, 15) is 4.79 Å². The molecule has 0 fully saturated rings. The van der Waals surface area contributed by atoms with Crippen LogP contribution in [0.3, 0.4) is 0 Å². The van der Waals surface area contributed by atoms with Gasteiger partial charge in [0.05, 0.1) is 10.9 Å². The van der Waals surface area contributed by atoms with Crippen molar-refractivity contribution >= 4 is 22.2 Å². The highest BCUT2D eigenvalue weighted by Crippen LogP contribution is 2.12. The van der Waals surface area contributed by atoms with Crippen LogP contribution in [0.4, 0.5) is 5.69 Å². The van der Waals surface area contributed by atoms with Crippen LogP contribution >= 0.6 is 0 Å². The maximum atomic E-state index is 12.1. The van der Waals surface area contributed by atoms with Crippen LogP contribution in [0, 0.1) is 0 Å². The molecule has 0 aliphatic carbocycles. The summed E-state index contributed by atoms with van der Waals surface area (Å²) in [5.41, 5.74) is 7.48. The highest BCUT2D eigenvalue weighted by Gasteiger charge is 2.04. The van der Waals surface area contributed by atoms with Gasteiger partial charge in [-0.25, -0.2) is 4.98 Å². The lowest BCUT2D eigenvalue weighted by Crippen LogP contribution is -2.14. The summed E-state index contributed by atoms with van der Waals surface area (Å²) in [5.74, 6) is 0. The Labute approximate surface area is 91.0 Å². The average molecular weight is 211 g/mol. The molecule has 0 saturated heterocycles. The predicted molar refractivity (Wildman–Crippen MR) is 63.4 cm³/mol. The second-order valence-electron chi connectivity index (χ2n) is 3.62. The van der Waals surface area contributed by atoms with Crippen LogP contribution < -0.4 is 11.3 Å². The summed E-state index contributed by atoms with van der Waals surface area (Å²) >= 11 is 0. The van der Waals surface area contributed by atoms with E-state index in [0.717, 1.165) is 0 Å². The summed E-state index contributed by atoms with van der Waals surface area (Å²) in [6, 6.07) is 10.6. The summed E-state index contributed by atoms with van der Waals surface area (Å²) in [6.45, 7) is 0. The summed E-state index contributed by atoms with van der Waals surface area (Å²) in [6.07, 6.45) is 1.71. The lowest BCUT2D eigenvalue weighted by molar-refractivity contribution is 1.08. The van der Waals surface area contributed by atoms with Gasteiger partial charge in [-0.15, -0.1) is 0 Å². The second-order valence-corrected chi connectivity index (χ2v) is 3.62. The first-order chi connectivity index (χ1) is 7.75. The first-order valence-electron chi connectivity index (χ1n) is 4.92. The summed E-state index contributed by atoms with van der Waals surface area (Å²) in [4.78, 5) is 16.5. The van der Waals surface area contributed by atoms with Crippen LogP contribution in [0.15, 0.2) is 47.4 Å². The van der Waals surface area contributed by atoms with Gasteiger partial charge in [-0.3, -0.25) is 9.20 Å². The van der Waals surface area contributed by atoms with Crippen molar-refractivity contribution in [3.8, 4) is 0 Å². The number of nitrogens with two attached hydrogens (primary N) is 1. The van der Waals surface area contributed by atoms with Crippen molar-refractivity contribution in [1.29, 1.82) is 0 Å². The third kappa shape index (κ3) is 1.16. The number of hydrogen-bond acceptors (Lipinski definition) is 3. The molecule has 1 aromatic carbocycles. The second kappa shape index (κ2) is 3.06. The Hall–Kier alpha value is -2.36. The fraction of sp³-hybridized carbons (Fsp3) is 0. The van der Waals surface area contributed by atoms with Gasteiger partial charge in [0.2, 0.25) is 0 Å². The van der Waals surface area contributed by atoms with E-state index in [1.54, 1.807) is 36.5 Å². The molecule has 0 bridgehead atoms. The predicted octanol–water partition coefficient (Wildman–Crippen LogP) is 1.43. The fourth-order valence-corrected chi connectivity index (χ4v) is 1.77. The molecule has 0 amide bonds. The fourth-order valence-electron chi connectivity index (χ4n) is 1.77. The first kappa shape index (κ1) is 8.91. The van der Waals surface area contributed by atoms with Crippen molar-refractivity contribution in [3.05, 3.63) is 52.9 Å². The minimum atomic E-state index is -0.0689. The lowest BCUT2D eigenvalue weighted by atomic mass is 10.2. The highest BCUT2D eigenvalue weighted by atomic mass is 16.1. The zero-order valence-electron chi connectivity index (χ0n) is 8.42. The normalized spacial score (nSPS) is 11.0. The zero-order valence-corrected chi connectivity index (χ0v) is 8.42. The summed E-state index contributed by atoms with van der Waals surface area (Å²) in [5, 5.41) is 0.581. The molecule has 4 nitrogen and oxygen atoms in total. The molecule has 2 N–H and O–H groups in total. The number of pyridine rings is 1. The lowest BCUT2D eigenvalue weighted by Gasteiger charge is -2.02. The molecule has 0 atom stereocenters. The largest absolute Gasteiger partial charge is 0.399 e. The van der Waals surface area contributed by atoms with Gasteiger partial charge in [-0.05, 0) is 30.3 Å². The summed E-state index contributed by atoms with van der Waals surface area (Å²) in [7, 11) is 0. The minimum absolute atomic E-state index is 0.0689. The first-order valence-corrected chi connectivity index (χ1v) is 4.92. The van der Waals surface area contributed by atoms with Crippen molar-refractivity contribution in [2.45, 2.75) is 0 Å². The van der Waals surface area contributed by atoms with Gasteiger partial charge in [-0.2, -0.15) is 0 Å². The van der Waals surface area contributed by atoms with Crippen LogP contribution in [0.1, 0.15) is 0 Å². The van der Waals surface area contributed by atoms with Crippen LogP contribution in [0.5, 0.6) is 0 Å². The number of rotatable bonds is 0. The van der Waals surface area contributed by atoms with Gasteiger partial charge in [0.15, 0.2) is 0 Å². The molecule has 2 heterocycles. The van der Waals surface area contributed by atoms with Crippen LogP contribution in [0.25, 0.3) is 16.6 Å². The Balaban J connectivity index is 2.61. The van der Waals surface area contributed by atoms with Gasteiger partial charge in [-0.1, -0.05) is 6.07 Å². The molecule has 2 aromatic heterocycles. The number of anilines is 1. The van der Waals surface area contributed by atoms with Crippen molar-refractivity contribution in [2.75, 3.05) is 5.73 Å². The van der Waals surface area contributed by atoms with E-state index in [-0.39, 0.29) is 5.56 Å². The molecule has 0 radical (unpaired) electrons. The molecule has 3 rings (SSSR count). The maximum Gasteiger partial charge on any atom is 0.265 e. The molecule has 0 aliphatic rings. The molecule has 0 spiro atoms. The quantitative estimate of drug-likeness (QED) is 0.452. The Morgan fingerprint density at radius 1 is 1.19 bits per heavy atom.